The van der Waals surface area contributed by atoms with Crippen LogP contribution in [0.2, 0.25) is 0 Å². The third-order valence-electron chi connectivity index (χ3n) is 2.53. The Morgan fingerprint density at radius 2 is 1.84 bits per heavy atom. The second kappa shape index (κ2) is 7.47. The van der Waals surface area contributed by atoms with Crippen molar-refractivity contribution < 1.29 is 13.2 Å². The lowest BCUT2D eigenvalue weighted by molar-refractivity contribution is -0.121. The fourth-order valence-electron chi connectivity index (χ4n) is 1.47. The number of nitrogens with two attached hydrogens (primary N) is 1. The number of primary sulfonamides is 1. The molecule has 1 rings (SSSR count). The van der Waals surface area contributed by atoms with Gasteiger partial charge in [-0.15, -0.1) is 11.6 Å². The van der Waals surface area contributed by atoms with E-state index in [1.165, 1.54) is 12.1 Å². The van der Waals surface area contributed by atoms with Crippen LogP contribution >= 0.6 is 11.6 Å². The number of carbonyl (C=O) groups is 1. The first kappa shape index (κ1) is 15.9. The number of nitrogens with one attached hydrogen (secondary N) is 1. The summed E-state index contributed by atoms with van der Waals surface area (Å²) in [4.78, 5) is 11.5. The molecule has 7 heteroatoms. The van der Waals surface area contributed by atoms with Gasteiger partial charge in [0.15, 0.2) is 0 Å². The molecule has 0 fully saturated rings. The third-order valence-corrected chi connectivity index (χ3v) is 3.73. The van der Waals surface area contributed by atoms with Crippen molar-refractivity contribution in [1.29, 1.82) is 0 Å². The van der Waals surface area contributed by atoms with Crippen LogP contribution in [-0.2, 0) is 21.4 Å². The Hall–Kier alpha value is -1.11. The van der Waals surface area contributed by atoms with Crippen LogP contribution in [0.3, 0.4) is 0 Å². The zero-order chi connectivity index (χ0) is 14.3. The molecule has 5 nitrogen and oxygen atoms in total. The zero-order valence-electron chi connectivity index (χ0n) is 10.4. The lowest BCUT2D eigenvalue weighted by Crippen LogP contribution is -2.22. The molecular weight excluding hydrogens is 288 g/mol. The lowest BCUT2D eigenvalue weighted by atomic mass is 10.2. The molecule has 0 aliphatic carbocycles. The van der Waals surface area contributed by atoms with Crippen LogP contribution in [-0.4, -0.2) is 20.2 Å². The number of rotatable bonds is 7. The van der Waals surface area contributed by atoms with Gasteiger partial charge in [-0.1, -0.05) is 12.1 Å². The van der Waals surface area contributed by atoms with Crippen molar-refractivity contribution in [2.75, 3.05) is 5.88 Å². The van der Waals surface area contributed by atoms with E-state index in [1.807, 2.05) is 0 Å². The van der Waals surface area contributed by atoms with Crippen LogP contribution in [0.1, 0.15) is 24.8 Å². The molecular formula is C12H17ClN2O3S. The normalized spacial score (nSPS) is 11.3. The predicted octanol–water partition coefficient (Wildman–Crippen LogP) is 1.36. The Morgan fingerprint density at radius 3 is 2.37 bits per heavy atom. The number of alkyl halides is 1. The quantitative estimate of drug-likeness (QED) is 0.589. The molecule has 106 valence electrons. The van der Waals surface area contributed by atoms with Crippen LogP contribution < -0.4 is 10.5 Å². The minimum atomic E-state index is -3.67. The minimum absolute atomic E-state index is 0.0411. The largest absolute Gasteiger partial charge is 0.352 e. The number of unbranched alkanes of at least 4 members (excludes halogenated alkanes) is 1. The summed E-state index contributed by atoms with van der Waals surface area (Å²) < 4.78 is 22.1. The first-order valence-corrected chi connectivity index (χ1v) is 7.96. The summed E-state index contributed by atoms with van der Waals surface area (Å²) in [6, 6.07) is 6.09. The number of halogens is 1. The predicted molar refractivity (Wildman–Crippen MR) is 74.2 cm³/mol. The number of carbonyl (C=O) groups excluding carboxylic acids is 1. The van der Waals surface area contributed by atoms with Gasteiger partial charge < -0.3 is 5.32 Å². The van der Waals surface area contributed by atoms with Gasteiger partial charge in [-0.2, -0.15) is 0 Å². The van der Waals surface area contributed by atoms with Crippen molar-refractivity contribution in [3.05, 3.63) is 29.8 Å². The zero-order valence-corrected chi connectivity index (χ0v) is 12.0. The van der Waals surface area contributed by atoms with Gasteiger partial charge in [-0.3, -0.25) is 4.79 Å². The molecule has 0 radical (unpaired) electrons. The molecule has 1 aromatic carbocycles. The van der Waals surface area contributed by atoms with Crippen molar-refractivity contribution in [3.8, 4) is 0 Å². The maximum absolute atomic E-state index is 11.4. The second-order valence-corrected chi connectivity index (χ2v) is 6.05. The summed E-state index contributed by atoms with van der Waals surface area (Å²) in [5.74, 6) is 0.517. The second-order valence-electron chi connectivity index (χ2n) is 4.11. The highest BCUT2D eigenvalue weighted by molar-refractivity contribution is 7.89. The van der Waals surface area contributed by atoms with Crippen LogP contribution in [0.15, 0.2) is 29.2 Å². The Balaban J connectivity index is 2.44. The van der Waals surface area contributed by atoms with Crippen LogP contribution in [0.5, 0.6) is 0 Å². The average Bonchev–Trinajstić information content (AvgIpc) is 2.36. The molecule has 0 aromatic heterocycles. The molecule has 1 amide bonds. The van der Waals surface area contributed by atoms with Crippen molar-refractivity contribution in [3.63, 3.8) is 0 Å². The molecule has 0 saturated heterocycles. The van der Waals surface area contributed by atoms with E-state index in [0.29, 0.717) is 18.8 Å². The Bertz CT molecular complexity index is 514. The van der Waals surface area contributed by atoms with Gasteiger partial charge >= 0.3 is 0 Å². The molecule has 0 aliphatic rings. The summed E-state index contributed by atoms with van der Waals surface area (Å²) in [5.41, 5.74) is 0.818. The van der Waals surface area contributed by atoms with E-state index in [1.54, 1.807) is 12.1 Å². The maximum atomic E-state index is 11.4. The molecule has 19 heavy (non-hydrogen) atoms. The highest BCUT2D eigenvalue weighted by Gasteiger charge is 2.07. The van der Waals surface area contributed by atoms with Gasteiger partial charge in [-0.05, 0) is 30.5 Å². The smallest absolute Gasteiger partial charge is 0.238 e. The van der Waals surface area contributed by atoms with E-state index in [0.717, 1.165) is 18.4 Å². The fraction of sp³-hybridized carbons (Fsp3) is 0.417. The number of sulfonamides is 1. The molecule has 3 N–H and O–H groups in total. The van der Waals surface area contributed by atoms with Crippen molar-refractivity contribution in [1.82, 2.24) is 5.32 Å². The van der Waals surface area contributed by atoms with Crippen LogP contribution in [0, 0.1) is 0 Å². The highest BCUT2D eigenvalue weighted by atomic mass is 35.5. The number of hydrogen-bond donors (Lipinski definition) is 2. The summed E-state index contributed by atoms with van der Waals surface area (Å²) in [6.07, 6.45) is 2.03. The molecule has 0 atom stereocenters. The van der Waals surface area contributed by atoms with E-state index in [-0.39, 0.29) is 10.8 Å². The summed E-state index contributed by atoms with van der Waals surface area (Å²) in [6.45, 7) is 0.366. The summed E-state index contributed by atoms with van der Waals surface area (Å²) in [5, 5.41) is 7.74. The SMILES string of the molecule is NS(=O)(=O)c1ccc(CNC(=O)CCCCCl)cc1. The lowest BCUT2D eigenvalue weighted by Gasteiger charge is -2.05. The summed E-state index contributed by atoms with van der Waals surface area (Å²) in [7, 11) is -3.67. The maximum Gasteiger partial charge on any atom is 0.238 e. The van der Waals surface area contributed by atoms with Gasteiger partial charge in [-0.25, -0.2) is 13.6 Å². The van der Waals surface area contributed by atoms with E-state index in [2.05, 4.69) is 5.32 Å². The topological polar surface area (TPSA) is 89.3 Å². The van der Waals surface area contributed by atoms with E-state index >= 15 is 0 Å². The van der Waals surface area contributed by atoms with Crippen molar-refractivity contribution >= 4 is 27.5 Å². The Morgan fingerprint density at radius 1 is 1.21 bits per heavy atom. The van der Waals surface area contributed by atoms with Crippen LogP contribution in [0.25, 0.3) is 0 Å². The van der Waals surface area contributed by atoms with Gasteiger partial charge in [0, 0.05) is 18.8 Å². The van der Waals surface area contributed by atoms with E-state index in [9.17, 15) is 13.2 Å². The van der Waals surface area contributed by atoms with Gasteiger partial charge in [0.05, 0.1) is 4.90 Å². The van der Waals surface area contributed by atoms with Crippen molar-refractivity contribution in [2.24, 2.45) is 5.14 Å². The molecule has 1 aromatic rings. The number of hydrogen-bond acceptors (Lipinski definition) is 3. The number of benzene rings is 1. The molecule has 0 saturated carbocycles. The summed E-state index contributed by atoms with van der Waals surface area (Å²) >= 11 is 5.52. The van der Waals surface area contributed by atoms with E-state index in [4.69, 9.17) is 16.7 Å². The monoisotopic (exact) mass is 304 g/mol. The van der Waals surface area contributed by atoms with Gasteiger partial charge in [0.2, 0.25) is 15.9 Å². The van der Waals surface area contributed by atoms with E-state index < -0.39 is 10.0 Å². The first-order chi connectivity index (χ1) is 8.93. The fourth-order valence-corrected chi connectivity index (χ4v) is 2.17. The molecule has 0 bridgehead atoms. The van der Waals surface area contributed by atoms with Crippen LogP contribution in [0.4, 0.5) is 0 Å². The molecule has 0 heterocycles. The first-order valence-electron chi connectivity index (χ1n) is 5.88. The highest BCUT2D eigenvalue weighted by Crippen LogP contribution is 2.08. The minimum Gasteiger partial charge on any atom is -0.352 e. The molecule has 0 aliphatic heterocycles. The third kappa shape index (κ3) is 6.04. The molecule has 0 unspecified atom stereocenters. The van der Waals surface area contributed by atoms with Gasteiger partial charge in [0.1, 0.15) is 0 Å². The van der Waals surface area contributed by atoms with Gasteiger partial charge in [0.25, 0.3) is 0 Å². The standard InChI is InChI=1S/C12H17ClN2O3S/c13-8-2-1-3-12(16)15-9-10-4-6-11(7-5-10)19(14,17)18/h4-7H,1-3,8-9H2,(H,15,16)(H2,14,17,18). The van der Waals surface area contributed by atoms with Crippen molar-refractivity contribution in [2.45, 2.75) is 30.7 Å². The Labute approximate surface area is 118 Å². The Kier molecular flexibility index (Phi) is 6.27. The molecule has 0 spiro atoms. The average molecular weight is 305 g/mol. The number of amides is 1.